The molecule has 19 heavy (non-hydrogen) atoms. The minimum atomic E-state index is 0.314. The predicted octanol–water partition coefficient (Wildman–Crippen LogP) is 2.70. The SMILES string of the molecule is Cc1ccccc1N(CCCN)CCCCCCO. The van der Waals surface area contributed by atoms with Gasteiger partial charge in [-0.1, -0.05) is 31.0 Å². The lowest BCUT2D eigenvalue weighted by Crippen LogP contribution is -2.27. The minimum Gasteiger partial charge on any atom is -0.396 e. The number of anilines is 1. The Hall–Kier alpha value is -1.06. The second-order valence-corrected chi connectivity index (χ2v) is 5.05. The minimum absolute atomic E-state index is 0.314. The average molecular weight is 264 g/mol. The highest BCUT2D eigenvalue weighted by atomic mass is 16.2. The fraction of sp³-hybridized carbons (Fsp3) is 0.625. The molecule has 1 aromatic carbocycles. The van der Waals surface area contributed by atoms with E-state index in [-0.39, 0.29) is 0 Å². The van der Waals surface area contributed by atoms with Gasteiger partial charge < -0.3 is 15.7 Å². The van der Waals surface area contributed by atoms with Crippen LogP contribution >= 0.6 is 0 Å². The number of aryl methyl sites for hydroxylation is 1. The van der Waals surface area contributed by atoms with E-state index < -0.39 is 0 Å². The van der Waals surface area contributed by atoms with Crippen LogP contribution in [0.5, 0.6) is 0 Å². The van der Waals surface area contributed by atoms with E-state index in [9.17, 15) is 0 Å². The smallest absolute Gasteiger partial charge is 0.0431 e. The van der Waals surface area contributed by atoms with Crippen LogP contribution in [0.1, 0.15) is 37.7 Å². The molecular weight excluding hydrogens is 236 g/mol. The van der Waals surface area contributed by atoms with Crippen molar-refractivity contribution in [2.45, 2.75) is 39.0 Å². The fourth-order valence-electron chi connectivity index (χ4n) is 2.32. The maximum absolute atomic E-state index is 8.78. The van der Waals surface area contributed by atoms with E-state index in [0.717, 1.165) is 38.9 Å². The summed E-state index contributed by atoms with van der Waals surface area (Å²) in [7, 11) is 0. The van der Waals surface area contributed by atoms with Crippen LogP contribution in [0.2, 0.25) is 0 Å². The van der Waals surface area contributed by atoms with Crippen LogP contribution < -0.4 is 10.6 Å². The lowest BCUT2D eigenvalue weighted by atomic mass is 10.1. The number of unbranched alkanes of at least 4 members (excludes halogenated alkanes) is 3. The molecule has 0 amide bonds. The molecule has 0 unspecified atom stereocenters. The summed E-state index contributed by atoms with van der Waals surface area (Å²) >= 11 is 0. The Kier molecular flexibility index (Phi) is 8.26. The zero-order valence-corrected chi connectivity index (χ0v) is 12.1. The highest BCUT2D eigenvalue weighted by Crippen LogP contribution is 2.20. The molecule has 0 heterocycles. The van der Waals surface area contributed by atoms with Gasteiger partial charge in [0.2, 0.25) is 0 Å². The summed E-state index contributed by atoms with van der Waals surface area (Å²) in [6.07, 6.45) is 5.44. The third kappa shape index (κ3) is 6.08. The molecule has 3 heteroatoms. The second-order valence-electron chi connectivity index (χ2n) is 5.05. The summed E-state index contributed by atoms with van der Waals surface area (Å²) < 4.78 is 0. The molecular formula is C16H28N2O. The van der Waals surface area contributed by atoms with Crippen LogP contribution in [0.25, 0.3) is 0 Å². The first-order valence-electron chi connectivity index (χ1n) is 7.41. The molecule has 0 aromatic heterocycles. The Bertz CT molecular complexity index is 341. The topological polar surface area (TPSA) is 49.5 Å². The van der Waals surface area contributed by atoms with Gasteiger partial charge in [0.25, 0.3) is 0 Å². The first-order valence-corrected chi connectivity index (χ1v) is 7.41. The van der Waals surface area contributed by atoms with Gasteiger partial charge in [0.1, 0.15) is 0 Å². The molecule has 3 N–H and O–H groups in total. The molecule has 1 rings (SSSR count). The summed E-state index contributed by atoms with van der Waals surface area (Å²) in [5, 5.41) is 8.78. The van der Waals surface area contributed by atoms with Gasteiger partial charge >= 0.3 is 0 Å². The molecule has 0 spiro atoms. The number of para-hydroxylation sites is 1. The van der Waals surface area contributed by atoms with Crippen molar-refractivity contribution in [1.29, 1.82) is 0 Å². The van der Waals surface area contributed by atoms with Crippen molar-refractivity contribution >= 4 is 5.69 Å². The van der Waals surface area contributed by atoms with Crippen LogP contribution in [0.3, 0.4) is 0 Å². The van der Waals surface area contributed by atoms with Gasteiger partial charge in [-0.15, -0.1) is 0 Å². The Balaban J connectivity index is 2.49. The van der Waals surface area contributed by atoms with Gasteiger partial charge in [-0.05, 0) is 44.4 Å². The molecule has 0 aliphatic carbocycles. The van der Waals surface area contributed by atoms with Gasteiger partial charge in [0, 0.05) is 25.4 Å². The molecule has 0 bridgehead atoms. The van der Waals surface area contributed by atoms with E-state index in [0.29, 0.717) is 6.61 Å². The summed E-state index contributed by atoms with van der Waals surface area (Å²) in [5.41, 5.74) is 8.29. The molecule has 0 saturated heterocycles. The Morgan fingerprint density at radius 3 is 2.37 bits per heavy atom. The van der Waals surface area contributed by atoms with E-state index in [1.165, 1.54) is 24.1 Å². The van der Waals surface area contributed by atoms with Crippen LogP contribution in [-0.2, 0) is 0 Å². The highest BCUT2D eigenvalue weighted by Gasteiger charge is 2.07. The Morgan fingerprint density at radius 2 is 1.68 bits per heavy atom. The maximum Gasteiger partial charge on any atom is 0.0431 e. The number of hydrogen-bond acceptors (Lipinski definition) is 3. The average Bonchev–Trinajstić information content (AvgIpc) is 2.43. The monoisotopic (exact) mass is 264 g/mol. The normalized spacial score (nSPS) is 10.7. The fourth-order valence-corrected chi connectivity index (χ4v) is 2.32. The van der Waals surface area contributed by atoms with Crippen molar-refractivity contribution < 1.29 is 5.11 Å². The zero-order chi connectivity index (χ0) is 13.9. The van der Waals surface area contributed by atoms with Crippen molar-refractivity contribution in [2.24, 2.45) is 5.73 Å². The number of aliphatic hydroxyl groups excluding tert-OH is 1. The molecule has 0 atom stereocenters. The summed E-state index contributed by atoms with van der Waals surface area (Å²) in [4.78, 5) is 2.45. The van der Waals surface area contributed by atoms with Crippen molar-refractivity contribution in [3.8, 4) is 0 Å². The molecule has 0 fully saturated rings. The number of aliphatic hydroxyl groups is 1. The number of hydrogen-bond donors (Lipinski definition) is 2. The van der Waals surface area contributed by atoms with E-state index >= 15 is 0 Å². The van der Waals surface area contributed by atoms with Gasteiger partial charge in [0.05, 0.1) is 0 Å². The number of rotatable bonds is 10. The van der Waals surface area contributed by atoms with E-state index in [1.54, 1.807) is 0 Å². The predicted molar refractivity (Wildman–Crippen MR) is 82.6 cm³/mol. The number of nitrogens with two attached hydrogens (primary N) is 1. The van der Waals surface area contributed by atoms with Gasteiger partial charge in [-0.3, -0.25) is 0 Å². The van der Waals surface area contributed by atoms with Crippen molar-refractivity contribution in [3.63, 3.8) is 0 Å². The second kappa shape index (κ2) is 9.82. The van der Waals surface area contributed by atoms with Gasteiger partial charge in [-0.2, -0.15) is 0 Å². The Labute approximate surface area is 117 Å². The van der Waals surface area contributed by atoms with Crippen LogP contribution in [-0.4, -0.2) is 31.3 Å². The largest absolute Gasteiger partial charge is 0.396 e. The van der Waals surface area contributed by atoms with Crippen LogP contribution in [0, 0.1) is 6.92 Å². The molecule has 0 saturated carbocycles. The van der Waals surface area contributed by atoms with Crippen molar-refractivity contribution in [1.82, 2.24) is 0 Å². The first kappa shape index (κ1) is 16.0. The standard InChI is InChI=1S/C16H28N2O/c1-15-9-4-5-10-16(15)18(13-8-11-17)12-6-2-3-7-14-19/h4-5,9-10,19H,2-3,6-8,11-14,17H2,1H3. The van der Waals surface area contributed by atoms with Crippen LogP contribution in [0.4, 0.5) is 5.69 Å². The molecule has 0 radical (unpaired) electrons. The van der Waals surface area contributed by atoms with E-state index in [4.69, 9.17) is 10.8 Å². The summed E-state index contributed by atoms with van der Waals surface area (Å²) in [6.45, 7) is 5.33. The highest BCUT2D eigenvalue weighted by molar-refractivity contribution is 5.52. The summed E-state index contributed by atoms with van der Waals surface area (Å²) in [5.74, 6) is 0. The van der Waals surface area contributed by atoms with E-state index in [2.05, 4.69) is 36.1 Å². The van der Waals surface area contributed by atoms with Crippen molar-refractivity contribution in [3.05, 3.63) is 29.8 Å². The molecule has 1 aromatic rings. The molecule has 3 nitrogen and oxygen atoms in total. The van der Waals surface area contributed by atoms with Crippen LogP contribution in [0.15, 0.2) is 24.3 Å². The number of benzene rings is 1. The third-order valence-corrected chi connectivity index (χ3v) is 3.42. The lowest BCUT2D eigenvalue weighted by Gasteiger charge is -2.26. The molecule has 0 aliphatic heterocycles. The summed E-state index contributed by atoms with van der Waals surface area (Å²) in [6, 6.07) is 8.54. The third-order valence-electron chi connectivity index (χ3n) is 3.42. The molecule has 108 valence electrons. The van der Waals surface area contributed by atoms with Crippen molar-refractivity contribution in [2.75, 3.05) is 31.1 Å². The number of nitrogens with zero attached hydrogens (tertiary/aromatic N) is 1. The zero-order valence-electron chi connectivity index (χ0n) is 12.1. The maximum atomic E-state index is 8.78. The lowest BCUT2D eigenvalue weighted by molar-refractivity contribution is 0.282. The first-order chi connectivity index (χ1) is 9.29. The Morgan fingerprint density at radius 1 is 1.00 bits per heavy atom. The quantitative estimate of drug-likeness (QED) is 0.639. The molecule has 0 aliphatic rings. The van der Waals surface area contributed by atoms with Gasteiger partial charge in [0.15, 0.2) is 0 Å². The van der Waals surface area contributed by atoms with E-state index in [1.807, 2.05) is 0 Å². The van der Waals surface area contributed by atoms with Gasteiger partial charge in [-0.25, -0.2) is 0 Å².